The predicted molar refractivity (Wildman–Crippen MR) is 110 cm³/mol. The Morgan fingerprint density at radius 2 is 1.86 bits per heavy atom. The Hall–Kier alpha value is -2.90. The van der Waals surface area contributed by atoms with Gasteiger partial charge in [-0.3, -0.25) is 0 Å². The zero-order chi connectivity index (χ0) is 19.6. The largest absolute Gasteiger partial charge is 0.455 e. The molecule has 0 saturated carbocycles. The molecule has 0 amide bonds. The van der Waals surface area contributed by atoms with E-state index in [-0.39, 0.29) is 6.79 Å². The molecule has 2 aromatic carbocycles. The lowest BCUT2D eigenvalue weighted by Crippen LogP contribution is -1.92. The normalized spacial score (nSPS) is 12.4. The van der Waals surface area contributed by atoms with Gasteiger partial charge in [-0.15, -0.1) is 11.8 Å². The first kappa shape index (κ1) is 18.1. The van der Waals surface area contributed by atoms with Crippen LogP contribution in [0.5, 0.6) is 11.5 Å². The summed E-state index contributed by atoms with van der Waals surface area (Å²) in [5.74, 6) is 5.08. The van der Waals surface area contributed by atoms with Gasteiger partial charge < -0.3 is 18.4 Å². The molecule has 0 N–H and O–H groups in total. The monoisotopic (exact) mass is 426 g/mol. The molecule has 8 heteroatoms. The summed E-state index contributed by atoms with van der Waals surface area (Å²) in [7, 11) is 0. The molecule has 29 heavy (non-hydrogen) atoms. The number of fused-ring (bicyclic) bond motifs is 1. The first-order valence-electron chi connectivity index (χ1n) is 8.90. The first-order chi connectivity index (χ1) is 14.3. The number of ether oxygens (including phenoxy) is 2. The maximum Gasteiger partial charge on any atom is 0.293 e. The van der Waals surface area contributed by atoms with Crippen LogP contribution in [0.2, 0.25) is 5.02 Å². The van der Waals surface area contributed by atoms with E-state index in [0.29, 0.717) is 34.7 Å². The topological polar surface area (TPSA) is 70.5 Å². The Bertz CT molecular complexity index is 1160. The molecular weight excluding hydrogens is 412 g/mol. The quantitative estimate of drug-likeness (QED) is 0.385. The summed E-state index contributed by atoms with van der Waals surface area (Å²) in [5, 5.41) is 4.83. The maximum absolute atomic E-state index is 6.19. The highest BCUT2D eigenvalue weighted by molar-refractivity contribution is 7.97. The Morgan fingerprint density at radius 1 is 0.966 bits per heavy atom. The molecule has 0 unspecified atom stereocenters. The number of hydrogen-bond acceptors (Lipinski definition) is 7. The minimum absolute atomic E-state index is 0.222. The molecule has 3 heterocycles. The van der Waals surface area contributed by atoms with Crippen molar-refractivity contribution in [3.63, 3.8) is 0 Å². The second-order valence-electron chi connectivity index (χ2n) is 6.34. The van der Waals surface area contributed by atoms with Gasteiger partial charge in [0.25, 0.3) is 5.89 Å². The second kappa shape index (κ2) is 7.85. The Labute approximate surface area is 175 Å². The summed E-state index contributed by atoms with van der Waals surface area (Å²) in [6, 6.07) is 17.1. The number of nitrogens with zero attached hydrogens (tertiary/aromatic N) is 2. The second-order valence-corrected chi connectivity index (χ2v) is 7.73. The van der Waals surface area contributed by atoms with E-state index in [1.54, 1.807) is 11.8 Å². The van der Waals surface area contributed by atoms with Crippen LogP contribution in [0.25, 0.3) is 23.0 Å². The molecule has 2 aromatic heterocycles. The molecule has 5 rings (SSSR count). The Morgan fingerprint density at radius 3 is 2.79 bits per heavy atom. The molecule has 0 fully saturated rings. The van der Waals surface area contributed by atoms with Crippen LogP contribution < -0.4 is 9.47 Å². The fraction of sp³-hybridized carbons (Fsp3) is 0.143. The number of hydrogen-bond donors (Lipinski definition) is 0. The van der Waals surface area contributed by atoms with E-state index in [9.17, 15) is 0 Å². The van der Waals surface area contributed by atoms with Crippen molar-refractivity contribution < 1.29 is 18.4 Å². The highest BCUT2D eigenvalue weighted by Gasteiger charge is 2.18. The number of halogens is 1. The fourth-order valence-electron chi connectivity index (χ4n) is 2.92. The number of benzene rings is 2. The van der Waals surface area contributed by atoms with Crippen LogP contribution in [-0.2, 0) is 11.5 Å². The molecule has 0 aliphatic carbocycles. The summed E-state index contributed by atoms with van der Waals surface area (Å²) in [4.78, 5) is 4.44. The van der Waals surface area contributed by atoms with Crippen LogP contribution in [0.3, 0.4) is 0 Å². The molecule has 0 atom stereocenters. The van der Waals surface area contributed by atoms with Crippen molar-refractivity contribution in [3.05, 3.63) is 70.9 Å². The van der Waals surface area contributed by atoms with Gasteiger partial charge in [0.15, 0.2) is 17.3 Å². The predicted octanol–water partition coefficient (Wildman–Crippen LogP) is 5.81. The molecule has 0 bridgehead atoms. The highest BCUT2D eigenvalue weighted by Crippen LogP contribution is 2.35. The maximum atomic E-state index is 6.19. The smallest absolute Gasteiger partial charge is 0.293 e. The van der Waals surface area contributed by atoms with Crippen LogP contribution in [0.1, 0.15) is 11.3 Å². The van der Waals surface area contributed by atoms with Crippen molar-refractivity contribution in [2.24, 2.45) is 0 Å². The third-order valence-electron chi connectivity index (χ3n) is 4.39. The van der Waals surface area contributed by atoms with Gasteiger partial charge in [0.2, 0.25) is 12.6 Å². The zero-order valence-corrected chi connectivity index (χ0v) is 16.7. The van der Waals surface area contributed by atoms with Gasteiger partial charge in [0.05, 0.1) is 5.75 Å². The van der Waals surface area contributed by atoms with Crippen molar-refractivity contribution in [3.8, 4) is 34.5 Å². The average Bonchev–Trinajstić information content (AvgIpc) is 3.49. The minimum Gasteiger partial charge on any atom is -0.455 e. The summed E-state index contributed by atoms with van der Waals surface area (Å²) in [5.41, 5.74) is 1.89. The van der Waals surface area contributed by atoms with Gasteiger partial charge >= 0.3 is 0 Å². The lowest BCUT2D eigenvalue weighted by atomic mass is 10.2. The molecule has 146 valence electrons. The molecule has 1 aliphatic heterocycles. The van der Waals surface area contributed by atoms with E-state index in [2.05, 4.69) is 10.1 Å². The van der Waals surface area contributed by atoms with Crippen LogP contribution in [0, 0.1) is 0 Å². The van der Waals surface area contributed by atoms with Gasteiger partial charge in [-0.2, -0.15) is 4.98 Å². The van der Waals surface area contributed by atoms with Gasteiger partial charge in [0, 0.05) is 16.3 Å². The lowest BCUT2D eigenvalue weighted by molar-refractivity contribution is 0.174. The number of thioether (sulfide) groups is 1. The summed E-state index contributed by atoms with van der Waals surface area (Å²) >= 11 is 7.92. The molecule has 0 saturated heterocycles. The van der Waals surface area contributed by atoms with Crippen LogP contribution in [0.15, 0.2) is 63.5 Å². The van der Waals surface area contributed by atoms with Crippen LogP contribution >= 0.6 is 23.4 Å². The molecule has 6 nitrogen and oxygen atoms in total. The van der Waals surface area contributed by atoms with E-state index >= 15 is 0 Å². The first-order valence-corrected chi connectivity index (χ1v) is 10.4. The number of rotatable bonds is 6. The van der Waals surface area contributed by atoms with Crippen molar-refractivity contribution in [1.82, 2.24) is 10.1 Å². The SMILES string of the molecule is Clc1ccccc1CSCc1ccc(-c2nc(-c3ccc4c(c3)OCO4)no2)o1. The minimum atomic E-state index is 0.222. The van der Waals surface area contributed by atoms with Crippen molar-refractivity contribution in [1.29, 1.82) is 0 Å². The molecule has 0 spiro atoms. The molecule has 1 aliphatic rings. The van der Waals surface area contributed by atoms with E-state index < -0.39 is 0 Å². The van der Waals surface area contributed by atoms with Gasteiger partial charge in [0.1, 0.15) is 5.76 Å². The summed E-state index contributed by atoms with van der Waals surface area (Å²) in [6.45, 7) is 0.222. The summed E-state index contributed by atoms with van der Waals surface area (Å²) < 4.78 is 22.0. The van der Waals surface area contributed by atoms with E-state index in [1.807, 2.05) is 54.6 Å². The highest BCUT2D eigenvalue weighted by atomic mass is 35.5. The fourth-order valence-corrected chi connectivity index (χ4v) is 4.14. The summed E-state index contributed by atoms with van der Waals surface area (Å²) in [6.07, 6.45) is 0. The molecule has 4 aromatic rings. The van der Waals surface area contributed by atoms with Gasteiger partial charge in [-0.05, 0) is 42.0 Å². The lowest BCUT2D eigenvalue weighted by Gasteiger charge is -2.02. The van der Waals surface area contributed by atoms with Gasteiger partial charge in [-0.25, -0.2) is 0 Å². The van der Waals surface area contributed by atoms with Crippen molar-refractivity contribution in [2.45, 2.75) is 11.5 Å². The Kier molecular flexibility index (Phi) is 4.91. The van der Waals surface area contributed by atoms with Gasteiger partial charge in [-0.1, -0.05) is 35.0 Å². The number of furan rings is 1. The van der Waals surface area contributed by atoms with Crippen molar-refractivity contribution in [2.75, 3.05) is 6.79 Å². The molecular formula is C21H15ClN2O4S. The van der Waals surface area contributed by atoms with E-state index in [0.717, 1.165) is 27.7 Å². The van der Waals surface area contributed by atoms with Crippen molar-refractivity contribution >= 4 is 23.4 Å². The third kappa shape index (κ3) is 3.83. The zero-order valence-electron chi connectivity index (χ0n) is 15.1. The van der Waals surface area contributed by atoms with Crippen LogP contribution in [0.4, 0.5) is 0 Å². The van der Waals surface area contributed by atoms with E-state index in [4.69, 9.17) is 30.0 Å². The van der Waals surface area contributed by atoms with E-state index in [1.165, 1.54) is 0 Å². The number of aromatic nitrogens is 2. The third-order valence-corrected chi connectivity index (χ3v) is 5.76. The molecule has 0 radical (unpaired) electrons. The Balaban J connectivity index is 1.26. The standard InChI is InChI=1S/C21H15ClN2O4S/c22-16-4-2-1-3-14(16)10-29-11-15-6-8-18(27-15)21-23-20(24-28-21)13-5-7-17-19(9-13)26-12-25-17/h1-9H,10-12H2. The average molecular weight is 427 g/mol. The van der Waals surface area contributed by atoms with Crippen LogP contribution in [-0.4, -0.2) is 16.9 Å².